The van der Waals surface area contributed by atoms with Crippen molar-refractivity contribution in [2.45, 2.75) is 13.5 Å². The maximum absolute atomic E-state index is 13.8. The first-order valence-corrected chi connectivity index (χ1v) is 9.51. The molecule has 4 nitrogen and oxygen atoms in total. The summed E-state index contributed by atoms with van der Waals surface area (Å²) in [5.41, 5.74) is 1.47. The van der Waals surface area contributed by atoms with E-state index in [-0.39, 0.29) is 30.2 Å². The molecule has 0 unspecified atom stereocenters. The molecule has 0 saturated carbocycles. The molecule has 2 aromatic heterocycles. The predicted octanol–water partition coefficient (Wildman–Crippen LogP) is 5.17. The molecule has 0 fully saturated rings. The smallest absolute Gasteiger partial charge is 0.355 e. The number of carbonyl (C=O) groups is 2. The molecule has 0 aliphatic heterocycles. The summed E-state index contributed by atoms with van der Waals surface area (Å²) < 4.78 is 35.2. The summed E-state index contributed by atoms with van der Waals surface area (Å²) >= 11 is 1.46. The van der Waals surface area contributed by atoms with Crippen LogP contribution in [0.4, 0.5) is 8.78 Å². The minimum atomic E-state index is -0.660. The largest absolute Gasteiger partial charge is 0.461 e. The second-order valence-electron chi connectivity index (χ2n) is 6.25. The van der Waals surface area contributed by atoms with Crippen LogP contribution in [0, 0.1) is 11.6 Å². The lowest BCUT2D eigenvalue weighted by atomic mass is 10.1. The van der Waals surface area contributed by atoms with Crippen LogP contribution in [0.25, 0.3) is 21.0 Å². The molecular formula is C21H15F2NO3S. The second kappa shape index (κ2) is 7.16. The number of carbonyl (C=O) groups excluding carboxylic acids is 2. The Morgan fingerprint density at radius 1 is 1.14 bits per heavy atom. The van der Waals surface area contributed by atoms with Gasteiger partial charge in [-0.15, -0.1) is 11.3 Å². The summed E-state index contributed by atoms with van der Waals surface area (Å²) in [7, 11) is 0. The van der Waals surface area contributed by atoms with Crippen molar-refractivity contribution in [2.75, 3.05) is 6.61 Å². The first-order chi connectivity index (χ1) is 13.5. The van der Waals surface area contributed by atoms with Gasteiger partial charge in [-0.1, -0.05) is 0 Å². The number of esters is 1. The zero-order valence-electron chi connectivity index (χ0n) is 14.9. The number of rotatable bonds is 5. The first kappa shape index (κ1) is 18.3. The number of fused-ring (bicyclic) bond motifs is 2. The van der Waals surface area contributed by atoms with Crippen LogP contribution < -0.4 is 0 Å². The molecule has 0 aliphatic carbocycles. The van der Waals surface area contributed by atoms with Gasteiger partial charge in [-0.25, -0.2) is 13.6 Å². The number of aldehydes is 1. The van der Waals surface area contributed by atoms with Crippen LogP contribution in [0.2, 0.25) is 0 Å². The van der Waals surface area contributed by atoms with E-state index in [9.17, 15) is 18.4 Å². The third-order valence-corrected chi connectivity index (χ3v) is 5.61. The number of nitrogens with zero attached hydrogens (tertiary/aromatic N) is 1. The van der Waals surface area contributed by atoms with Crippen LogP contribution in [-0.4, -0.2) is 23.4 Å². The zero-order valence-corrected chi connectivity index (χ0v) is 15.7. The first-order valence-electron chi connectivity index (χ1n) is 8.63. The molecule has 142 valence electrons. The molecule has 7 heteroatoms. The monoisotopic (exact) mass is 399 g/mol. The van der Waals surface area contributed by atoms with Gasteiger partial charge in [0.25, 0.3) is 0 Å². The summed E-state index contributed by atoms with van der Waals surface area (Å²) in [4.78, 5) is 24.3. The molecule has 28 heavy (non-hydrogen) atoms. The summed E-state index contributed by atoms with van der Waals surface area (Å²) in [5.74, 6) is -1.52. The van der Waals surface area contributed by atoms with Crippen molar-refractivity contribution >= 4 is 44.6 Å². The molecule has 0 spiro atoms. The number of benzene rings is 2. The Morgan fingerprint density at radius 3 is 2.57 bits per heavy atom. The van der Waals surface area contributed by atoms with Gasteiger partial charge in [0.2, 0.25) is 0 Å². The van der Waals surface area contributed by atoms with Crippen molar-refractivity contribution in [3.8, 4) is 0 Å². The Labute approximate surface area is 163 Å². The van der Waals surface area contributed by atoms with E-state index in [0.29, 0.717) is 17.2 Å². The molecular weight excluding hydrogens is 384 g/mol. The van der Waals surface area contributed by atoms with Crippen molar-refractivity contribution in [3.05, 3.63) is 70.2 Å². The molecule has 2 heterocycles. The van der Waals surface area contributed by atoms with Crippen molar-refractivity contribution < 1.29 is 23.1 Å². The highest BCUT2D eigenvalue weighted by atomic mass is 32.1. The van der Waals surface area contributed by atoms with Crippen LogP contribution in [0.15, 0.2) is 41.8 Å². The number of halogens is 2. The van der Waals surface area contributed by atoms with Crippen LogP contribution in [0.3, 0.4) is 0 Å². The standard InChI is InChI=1S/C21H15F2NO3S/c1-2-27-21(26)20-17(10-25)16-8-13(22)3-5-18(16)24(20)9-12-11-28-19-6-4-14(23)7-15(12)19/h3-8,10-11H,2,9H2,1H3. The third kappa shape index (κ3) is 2.97. The Hall–Kier alpha value is -3.06. The highest BCUT2D eigenvalue weighted by Gasteiger charge is 2.24. The van der Waals surface area contributed by atoms with E-state index >= 15 is 0 Å². The quantitative estimate of drug-likeness (QED) is 0.344. The molecule has 0 atom stereocenters. The van der Waals surface area contributed by atoms with Gasteiger partial charge in [-0.05, 0) is 54.3 Å². The fourth-order valence-electron chi connectivity index (χ4n) is 3.40. The zero-order chi connectivity index (χ0) is 19.8. The van der Waals surface area contributed by atoms with Crippen molar-refractivity contribution in [1.29, 1.82) is 0 Å². The number of thiophene rings is 1. The average molecular weight is 399 g/mol. The van der Waals surface area contributed by atoms with Gasteiger partial charge in [-0.3, -0.25) is 4.79 Å². The summed E-state index contributed by atoms with van der Waals surface area (Å²) in [5, 5.41) is 2.95. The second-order valence-corrected chi connectivity index (χ2v) is 7.16. The molecule has 0 aliphatic rings. The molecule has 0 saturated heterocycles. The number of ether oxygens (including phenoxy) is 1. The van der Waals surface area contributed by atoms with Crippen LogP contribution in [0.5, 0.6) is 0 Å². The molecule has 0 bridgehead atoms. The number of aromatic nitrogens is 1. The maximum Gasteiger partial charge on any atom is 0.355 e. The van der Waals surface area contributed by atoms with Gasteiger partial charge in [0.15, 0.2) is 6.29 Å². The summed E-state index contributed by atoms with van der Waals surface area (Å²) in [6.45, 7) is 2.02. The Balaban J connectivity index is 1.96. The van der Waals surface area contributed by atoms with E-state index in [4.69, 9.17) is 4.74 Å². The lowest BCUT2D eigenvalue weighted by Crippen LogP contribution is -2.14. The van der Waals surface area contributed by atoms with Gasteiger partial charge in [0.05, 0.1) is 12.2 Å². The van der Waals surface area contributed by atoms with E-state index < -0.39 is 11.8 Å². The minimum Gasteiger partial charge on any atom is -0.461 e. The van der Waals surface area contributed by atoms with E-state index in [0.717, 1.165) is 15.6 Å². The fourth-order valence-corrected chi connectivity index (χ4v) is 4.34. The molecule has 0 N–H and O–H groups in total. The normalized spacial score (nSPS) is 11.2. The fraction of sp³-hybridized carbons (Fsp3) is 0.143. The van der Waals surface area contributed by atoms with Gasteiger partial charge in [-0.2, -0.15) is 0 Å². The van der Waals surface area contributed by atoms with Crippen molar-refractivity contribution in [2.24, 2.45) is 0 Å². The average Bonchev–Trinajstić information content (AvgIpc) is 3.20. The Bertz CT molecular complexity index is 1230. The molecule has 2 aromatic carbocycles. The topological polar surface area (TPSA) is 48.3 Å². The van der Waals surface area contributed by atoms with Gasteiger partial charge in [0, 0.05) is 27.5 Å². The van der Waals surface area contributed by atoms with Gasteiger partial charge in [0.1, 0.15) is 17.3 Å². The third-order valence-electron chi connectivity index (χ3n) is 4.60. The minimum absolute atomic E-state index is 0.0632. The van der Waals surface area contributed by atoms with Gasteiger partial charge >= 0.3 is 5.97 Å². The van der Waals surface area contributed by atoms with Crippen molar-refractivity contribution in [1.82, 2.24) is 4.57 Å². The summed E-state index contributed by atoms with van der Waals surface area (Å²) in [6.07, 6.45) is 0.538. The van der Waals surface area contributed by atoms with Crippen molar-refractivity contribution in [3.63, 3.8) is 0 Å². The van der Waals surface area contributed by atoms with E-state index in [1.165, 1.54) is 41.7 Å². The SMILES string of the molecule is CCOC(=O)c1c(C=O)c2cc(F)ccc2n1Cc1csc2ccc(F)cc12. The van der Waals surface area contributed by atoms with Crippen LogP contribution in [-0.2, 0) is 11.3 Å². The van der Waals surface area contributed by atoms with Gasteiger partial charge < -0.3 is 9.30 Å². The maximum atomic E-state index is 13.8. The Morgan fingerprint density at radius 2 is 1.86 bits per heavy atom. The van der Waals surface area contributed by atoms with Crippen LogP contribution in [0.1, 0.15) is 33.3 Å². The highest BCUT2D eigenvalue weighted by Crippen LogP contribution is 2.32. The number of hydrogen-bond donors (Lipinski definition) is 0. The van der Waals surface area contributed by atoms with Crippen LogP contribution >= 0.6 is 11.3 Å². The number of hydrogen-bond acceptors (Lipinski definition) is 4. The summed E-state index contributed by atoms with van der Waals surface area (Å²) in [6, 6.07) is 8.56. The molecule has 4 aromatic rings. The molecule has 0 radical (unpaired) electrons. The Kier molecular flexibility index (Phi) is 4.68. The molecule has 4 rings (SSSR count). The lowest BCUT2D eigenvalue weighted by Gasteiger charge is -2.10. The van der Waals surface area contributed by atoms with E-state index in [1.54, 1.807) is 17.6 Å². The van der Waals surface area contributed by atoms with E-state index in [1.807, 2.05) is 5.38 Å². The highest BCUT2D eigenvalue weighted by molar-refractivity contribution is 7.17. The predicted molar refractivity (Wildman–Crippen MR) is 104 cm³/mol. The molecule has 0 amide bonds. The van der Waals surface area contributed by atoms with E-state index in [2.05, 4.69) is 0 Å². The lowest BCUT2D eigenvalue weighted by molar-refractivity contribution is 0.0513.